The quantitative estimate of drug-likeness (QED) is 0.715. The summed E-state index contributed by atoms with van der Waals surface area (Å²) in [6.45, 7) is 5.57. The zero-order valence-electron chi connectivity index (χ0n) is 14.4. The van der Waals surface area contributed by atoms with Crippen LogP contribution in [-0.2, 0) is 4.79 Å². The molecule has 2 rings (SSSR count). The van der Waals surface area contributed by atoms with E-state index >= 15 is 0 Å². The van der Waals surface area contributed by atoms with Crippen LogP contribution >= 0.6 is 0 Å². The summed E-state index contributed by atoms with van der Waals surface area (Å²) < 4.78 is 11.2. The minimum Gasteiger partial charge on any atom is -0.494 e. The molecule has 1 N–H and O–H groups in total. The van der Waals surface area contributed by atoms with Gasteiger partial charge in [-0.05, 0) is 50.1 Å². The van der Waals surface area contributed by atoms with E-state index in [2.05, 4.69) is 5.32 Å². The van der Waals surface area contributed by atoms with Crippen LogP contribution in [0.3, 0.4) is 0 Å². The summed E-state index contributed by atoms with van der Waals surface area (Å²) >= 11 is 0. The molecule has 0 radical (unpaired) electrons. The smallest absolute Gasteiger partial charge is 0.220 e. The van der Waals surface area contributed by atoms with E-state index in [-0.39, 0.29) is 5.91 Å². The van der Waals surface area contributed by atoms with Gasteiger partial charge in [0.15, 0.2) is 0 Å². The van der Waals surface area contributed by atoms with Gasteiger partial charge >= 0.3 is 0 Å². The molecule has 0 atom stereocenters. The number of benzene rings is 2. The van der Waals surface area contributed by atoms with E-state index in [9.17, 15) is 4.79 Å². The van der Waals surface area contributed by atoms with Crippen molar-refractivity contribution in [3.8, 4) is 11.5 Å². The highest BCUT2D eigenvalue weighted by molar-refractivity contribution is 5.75. The lowest BCUT2D eigenvalue weighted by Crippen LogP contribution is -2.28. The van der Waals surface area contributed by atoms with Gasteiger partial charge in [-0.25, -0.2) is 0 Å². The zero-order valence-corrected chi connectivity index (χ0v) is 14.4. The first-order chi connectivity index (χ1) is 11.6. The van der Waals surface area contributed by atoms with E-state index < -0.39 is 0 Å². The minimum atomic E-state index is 0.0235. The molecule has 0 aliphatic carbocycles. The van der Waals surface area contributed by atoms with Gasteiger partial charge in [-0.1, -0.05) is 29.8 Å². The number of hydrogen-bond donors (Lipinski definition) is 1. The number of ether oxygens (including phenoxy) is 2. The van der Waals surface area contributed by atoms with Crippen LogP contribution in [-0.4, -0.2) is 25.7 Å². The molecule has 0 bridgehead atoms. The molecule has 0 saturated heterocycles. The second kappa shape index (κ2) is 9.60. The first kappa shape index (κ1) is 17.9. The van der Waals surface area contributed by atoms with E-state index in [4.69, 9.17) is 9.47 Å². The summed E-state index contributed by atoms with van der Waals surface area (Å²) in [5.74, 6) is 1.69. The van der Waals surface area contributed by atoms with Crippen LogP contribution in [0.5, 0.6) is 11.5 Å². The van der Waals surface area contributed by atoms with Crippen molar-refractivity contribution in [1.29, 1.82) is 0 Å². The molecule has 0 spiro atoms. The lowest BCUT2D eigenvalue weighted by atomic mass is 10.2. The first-order valence-electron chi connectivity index (χ1n) is 8.29. The third kappa shape index (κ3) is 6.73. The van der Waals surface area contributed by atoms with Crippen molar-refractivity contribution in [1.82, 2.24) is 5.32 Å². The Morgan fingerprint density at radius 1 is 0.917 bits per heavy atom. The van der Waals surface area contributed by atoms with Gasteiger partial charge in [-0.3, -0.25) is 4.79 Å². The fourth-order valence-corrected chi connectivity index (χ4v) is 2.21. The lowest BCUT2D eigenvalue weighted by molar-refractivity contribution is -0.121. The fraction of sp³-hybridized carbons (Fsp3) is 0.350. The highest BCUT2D eigenvalue weighted by Gasteiger charge is 2.02. The minimum absolute atomic E-state index is 0.0235. The van der Waals surface area contributed by atoms with Crippen LogP contribution in [0.2, 0.25) is 0 Å². The number of nitrogens with one attached hydrogen (secondary N) is 1. The summed E-state index contributed by atoms with van der Waals surface area (Å²) in [5, 5.41) is 2.85. The van der Waals surface area contributed by atoms with Gasteiger partial charge in [-0.15, -0.1) is 0 Å². The average molecular weight is 327 g/mol. The summed E-state index contributed by atoms with van der Waals surface area (Å²) in [6.07, 6.45) is 1.15. The lowest BCUT2D eigenvalue weighted by Gasteiger charge is -2.09. The van der Waals surface area contributed by atoms with Gasteiger partial charge in [0.25, 0.3) is 0 Å². The second-order valence-electron chi connectivity index (χ2n) is 5.78. The predicted octanol–water partition coefficient (Wildman–Crippen LogP) is 3.66. The maximum atomic E-state index is 11.7. The highest BCUT2D eigenvalue weighted by Crippen LogP contribution is 2.12. The van der Waals surface area contributed by atoms with Gasteiger partial charge in [0.05, 0.1) is 13.2 Å². The van der Waals surface area contributed by atoms with Crippen molar-refractivity contribution in [2.24, 2.45) is 0 Å². The van der Waals surface area contributed by atoms with Crippen LogP contribution in [0.25, 0.3) is 0 Å². The molecule has 0 aliphatic rings. The van der Waals surface area contributed by atoms with Gasteiger partial charge in [-0.2, -0.15) is 0 Å². The topological polar surface area (TPSA) is 47.6 Å². The van der Waals surface area contributed by atoms with Gasteiger partial charge < -0.3 is 14.8 Å². The Balaban J connectivity index is 1.53. The van der Waals surface area contributed by atoms with Crippen LogP contribution in [0, 0.1) is 13.8 Å². The number of aryl methyl sites for hydroxylation is 2. The summed E-state index contributed by atoms with van der Waals surface area (Å²) in [6, 6.07) is 15.8. The predicted molar refractivity (Wildman–Crippen MR) is 95.6 cm³/mol. The van der Waals surface area contributed by atoms with Crippen molar-refractivity contribution in [3.63, 3.8) is 0 Å². The molecule has 0 unspecified atom stereocenters. The van der Waals surface area contributed by atoms with E-state index in [0.717, 1.165) is 17.1 Å². The Kier molecular flexibility index (Phi) is 7.15. The summed E-state index contributed by atoms with van der Waals surface area (Å²) in [4.78, 5) is 11.7. The number of carbonyl (C=O) groups excluding carboxylic acids is 1. The molecule has 24 heavy (non-hydrogen) atoms. The molecule has 128 valence electrons. The fourth-order valence-electron chi connectivity index (χ4n) is 2.21. The van der Waals surface area contributed by atoms with Crippen molar-refractivity contribution in [2.45, 2.75) is 26.7 Å². The molecule has 0 aromatic heterocycles. The maximum absolute atomic E-state index is 11.7. The second-order valence-corrected chi connectivity index (χ2v) is 5.78. The maximum Gasteiger partial charge on any atom is 0.220 e. The Labute approximate surface area is 143 Å². The first-order valence-corrected chi connectivity index (χ1v) is 8.29. The molecule has 2 aromatic rings. The van der Waals surface area contributed by atoms with E-state index in [1.54, 1.807) is 0 Å². The Morgan fingerprint density at radius 2 is 1.67 bits per heavy atom. The van der Waals surface area contributed by atoms with Crippen LogP contribution in [0.15, 0.2) is 48.5 Å². The third-order valence-corrected chi connectivity index (χ3v) is 3.52. The van der Waals surface area contributed by atoms with Crippen LogP contribution in [0.4, 0.5) is 0 Å². The Morgan fingerprint density at radius 3 is 2.42 bits per heavy atom. The number of carbonyl (C=O) groups is 1. The van der Waals surface area contributed by atoms with E-state index in [1.807, 2.05) is 62.4 Å². The standard InChI is InChI=1S/C20H25NO3/c1-16-8-10-18(11-9-16)23-13-4-7-20(22)21-12-14-24-19-6-3-5-17(2)15-19/h3,5-6,8-11,15H,4,7,12-14H2,1-2H3,(H,21,22). The molecule has 0 heterocycles. The molecular formula is C20H25NO3. The largest absolute Gasteiger partial charge is 0.494 e. The number of rotatable bonds is 9. The Bertz CT molecular complexity index is 638. The van der Waals surface area contributed by atoms with Crippen molar-refractivity contribution in [3.05, 3.63) is 59.7 Å². The van der Waals surface area contributed by atoms with Crippen LogP contribution < -0.4 is 14.8 Å². The molecule has 1 amide bonds. The van der Waals surface area contributed by atoms with Gasteiger partial charge in [0.2, 0.25) is 5.91 Å². The third-order valence-electron chi connectivity index (χ3n) is 3.52. The van der Waals surface area contributed by atoms with Crippen LogP contribution in [0.1, 0.15) is 24.0 Å². The van der Waals surface area contributed by atoms with Crippen molar-refractivity contribution in [2.75, 3.05) is 19.8 Å². The molecule has 4 heteroatoms. The summed E-state index contributed by atoms with van der Waals surface area (Å²) in [7, 11) is 0. The van der Waals surface area contributed by atoms with Gasteiger partial charge in [0, 0.05) is 6.42 Å². The normalized spacial score (nSPS) is 10.2. The zero-order chi connectivity index (χ0) is 17.2. The number of amides is 1. The molecule has 2 aromatic carbocycles. The molecule has 0 saturated carbocycles. The van der Waals surface area contributed by atoms with E-state index in [0.29, 0.717) is 32.6 Å². The van der Waals surface area contributed by atoms with E-state index in [1.165, 1.54) is 5.56 Å². The number of hydrogen-bond acceptors (Lipinski definition) is 3. The van der Waals surface area contributed by atoms with Crippen molar-refractivity contribution < 1.29 is 14.3 Å². The van der Waals surface area contributed by atoms with Crippen molar-refractivity contribution >= 4 is 5.91 Å². The summed E-state index contributed by atoms with van der Waals surface area (Å²) in [5.41, 5.74) is 2.36. The van der Waals surface area contributed by atoms with Gasteiger partial charge in [0.1, 0.15) is 18.1 Å². The molecule has 4 nitrogen and oxygen atoms in total. The average Bonchev–Trinajstić information content (AvgIpc) is 2.57. The highest BCUT2D eigenvalue weighted by atomic mass is 16.5. The monoisotopic (exact) mass is 327 g/mol. The molecule has 0 aliphatic heterocycles. The Hall–Kier alpha value is -2.49. The molecule has 0 fully saturated rings. The molecular weight excluding hydrogens is 302 g/mol. The SMILES string of the molecule is Cc1ccc(OCCCC(=O)NCCOc2cccc(C)c2)cc1.